The van der Waals surface area contributed by atoms with Crippen LogP contribution in [0.15, 0.2) is 42.5 Å². The summed E-state index contributed by atoms with van der Waals surface area (Å²) in [7, 11) is 0. The minimum Gasteiger partial charge on any atom is -0.345 e. The third-order valence-corrected chi connectivity index (χ3v) is 6.99. The predicted octanol–water partition coefficient (Wildman–Crippen LogP) is 5.39. The minimum absolute atomic E-state index is 0.160. The molecular weight excluding hydrogens is 409 g/mol. The standard InChI is InChI=1S/C26H33ClFN3/c1-20-21(2)31(12-3-11-27)26-9-6-23(18-25(20)26)19-30-16-14-29(15-17-30)13-10-22-4-7-24(28)8-5-22/h4-9,18H,3,10-17,19H2,1-2H3. The van der Waals surface area contributed by atoms with Crippen LogP contribution in [0.3, 0.4) is 0 Å². The fraction of sp³-hybridized carbons (Fsp3) is 0.462. The number of nitrogens with zero attached hydrogens (tertiary/aromatic N) is 3. The zero-order chi connectivity index (χ0) is 21.8. The third-order valence-electron chi connectivity index (χ3n) is 6.72. The van der Waals surface area contributed by atoms with Crippen LogP contribution in [0, 0.1) is 19.7 Å². The molecule has 0 amide bonds. The van der Waals surface area contributed by atoms with Gasteiger partial charge < -0.3 is 9.47 Å². The molecule has 0 saturated carbocycles. The maximum atomic E-state index is 13.1. The van der Waals surface area contributed by atoms with Crippen molar-refractivity contribution in [3.63, 3.8) is 0 Å². The number of fused-ring (bicyclic) bond motifs is 1. The average Bonchev–Trinajstić information content (AvgIpc) is 3.02. The van der Waals surface area contributed by atoms with Crippen LogP contribution in [-0.4, -0.2) is 53.0 Å². The fourth-order valence-electron chi connectivity index (χ4n) is 4.67. The molecule has 1 aliphatic heterocycles. The molecule has 5 heteroatoms. The van der Waals surface area contributed by atoms with E-state index >= 15 is 0 Å². The van der Waals surface area contributed by atoms with E-state index in [9.17, 15) is 4.39 Å². The van der Waals surface area contributed by atoms with Crippen molar-refractivity contribution < 1.29 is 4.39 Å². The van der Waals surface area contributed by atoms with Crippen LogP contribution in [0.5, 0.6) is 0 Å². The Morgan fingerprint density at radius 3 is 2.26 bits per heavy atom. The molecule has 0 unspecified atom stereocenters. The van der Waals surface area contributed by atoms with E-state index in [0.29, 0.717) is 5.88 Å². The van der Waals surface area contributed by atoms with Crippen molar-refractivity contribution in [1.29, 1.82) is 0 Å². The van der Waals surface area contributed by atoms with E-state index in [1.807, 2.05) is 12.1 Å². The van der Waals surface area contributed by atoms with E-state index in [0.717, 1.165) is 58.7 Å². The Morgan fingerprint density at radius 1 is 0.871 bits per heavy atom. The zero-order valence-electron chi connectivity index (χ0n) is 18.7. The molecule has 0 spiro atoms. The number of piperazine rings is 1. The SMILES string of the molecule is Cc1c(C)n(CCCCl)c2ccc(CN3CCN(CCc4ccc(F)cc4)CC3)cc12. The van der Waals surface area contributed by atoms with Crippen molar-refractivity contribution in [3.8, 4) is 0 Å². The van der Waals surface area contributed by atoms with Crippen LogP contribution >= 0.6 is 11.6 Å². The monoisotopic (exact) mass is 441 g/mol. The van der Waals surface area contributed by atoms with Gasteiger partial charge in [0.1, 0.15) is 5.82 Å². The molecule has 2 heterocycles. The highest BCUT2D eigenvalue weighted by molar-refractivity contribution is 6.17. The van der Waals surface area contributed by atoms with Crippen molar-refractivity contribution >= 4 is 22.5 Å². The highest BCUT2D eigenvalue weighted by Gasteiger charge is 2.18. The Kier molecular flexibility index (Phi) is 7.31. The molecule has 0 radical (unpaired) electrons. The van der Waals surface area contributed by atoms with E-state index in [1.165, 1.54) is 33.3 Å². The van der Waals surface area contributed by atoms with Crippen molar-refractivity contribution in [2.24, 2.45) is 0 Å². The molecule has 1 aromatic heterocycles. The molecule has 2 aromatic carbocycles. The maximum absolute atomic E-state index is 13.1. The van der Waals surface area contributed by atoms with Gasteiger partial charge in [-0.1, -0.05) is 18.2 Å². The second-order valence-electron chi connectivity index (χ2n) is 8.75. The molecule has 31 heavy (non-hydrogen) atoms. The first-order valence-electron chi connectivity index (χ1n) is 11.4. The number of benzene rings is 2. The van der Waals surface area contributed by atoms with Crippen LogP contribution in [0.25, 0.3) is 10.9 Å². The topological polar surface area (TPSA) is 11.4 Å². The summed E-state index contributed by atoms with van der Waals surface area (Å²) in [5.74, 6) is 0.541. The Hall–Kier alpha value is -1.88. The fourth-order valence-corrected chi connectivity index (χ4v) is 4.79. The van der Waals surface area contributed by atoms with Crippen LogP contribution in [-0.2, 0) is 19.5 Å². The molecule has 4 rings (SSSR count). The second kappa shape index (κ2) is 10.2. The Labute approximate surface area is 190 Å². The van der Waals surface area contributed by atoms with Crippen LogP contribution in [0.1, 0.15) is 28.8 Å². The molecule has 1 fully saturated rings. The summed E-state index contributed by atoms with van der Waals surface area (Å²) in [5.41, 5.74) is 6.67. The molecule has 0 N–H and O–H groups in total. The Balaban J connectivity index is 1.32. The lowest BCUT2D eigenvalue weighted by Crippen LogP contribution is -2.46. The van der Waals surface area contributed by atoms with Gasteiger partial charge in [0.25, 0.3) is 0 Å². The van der Waals surface area contributed by atoms with E-state index in [4.69, 9.17) is 11.6 Å². The first-order chi connectivity index (χ1) is 15.0. The summed E-state index contributed by atoms with van der Waals surface area (Å²) in [6, 6.07) is 13.9. The number of alkyl halides is 1. The molecule has 1 aliphatic rings. The van der Waals surface area contributed by atoms with Gasteiger partial charge >= 0.3 is 0 Å². The van der Waals surface area contributed by atoms with Gasteiger partial charge in [-0.3, -0.25) is 4.90 Å². The van der Waals surface area contributed by atoms with Crippen molar-refractivity contribution in [1.82, 2.24) is 14.4 Å². The molecule has 1 saturated heterocycles. The van der Waals surface area contributed by atoms with E-state index < -0.39 is 0 Å². The van der Waals surface area contributed by atoms with E-state index in [2.05, 4.69) is 46.4 Å². The van der Waals surface area contributed by atoms with Gasteiger partial charge in [-0.15, -0.1) is 11.6 Å². The third kappa shape index (κ3) is 5.31. The van der Waals surface area contributed by atoms with Crippen molar-refractivity contribution in [2.75, 3.05) is 38.6 Å². The quantitative estimate of drug-likeness (QED) is 0.434. The van der Waals surface area contributed by atoms with Gasteiger partial charge in [0.15, 0.2) is 0 Å². The number of aryl methyl sites for hydroxylation is 2. The highest BCUT2D eigenvalue weighted by atomic mass is 35.5. The molecule has 3 nitrogen and oxygen atoms in total. The molecule has 3 aromatic rings. The van der Waals surface area contributed by atoms with E-state index in [-0.39, 0.29) is 5.82 Å². The van der Waals surface area contributed by atoms with Gasteiger partial charge in [-0.25, -0.2) is 4.39 Å². The molecule has 166 valence electrons. The second-order valence-corrected chi connectivity index (χ2v) is 9.13. The Bertz CT molecular complexity index is 1000. The van der Waals surface area contributed by atoms with Gasteiger partial charge in [-0.05, 0) is 67.6 Å². The first kappa shape index (κ1) is 22.3. The van der Waals surface area contributed by atoms with Crippen molar-refractivity contribution in [3.05, 3.63) is 70.7 Å². The highest BCUT2D eigenvalue weighted by Crippen LogP contribution is 2.27. The summed E-state index contributed by atoms with van der Waals surface area (Å²) in [4.78, 5) is 5.08. The lowest BCUT2D eigenvalue weighted by Gasteiger charge is -2.34. The summed E-state index contributed by atoms with van der Waals surface area (Å²) in [6.45, 7) is 11.9. The first-order valence-corrected chi connectivity index (χ1v) is 11.9. The normalized spacial score (nSPS) is 15.7. The number of rotatable bonds is 8. The van der Waals surface area contributed by atoms with Gasteiger partial charge in [0, 0.05) is 68.3 Å². The molecule has 0 bridgehead atoms. The number of halogens is 2. The predicted molar refractivity (Wildman–Crippen MR) is 129 cm³/mol. The van der Waals surface area contributed by atoms with Crippen LogP contribution in [0.2, 0.25) is 0 Å². The van der Waals surface area contributed by atoms with Crippen molar-refractivity contribution in [2.45, 2.75) is 39.8 Å². The van der Waals surface area contributed by atoms with Crippen LogP contribution in [0.4, 0.5) is 4.39 Å². The number of aromatic nitrogens is 1. The maximum Gasteiger partial charge on any atom is 0.123 e. The van der Waals surface area contributed by atoms with Gasteiger partial charge in [0.2, 0.25) is 0 Å². The summed E-state index contributed by atoms with van der Waals surface area (Å²) in [5, 5.41) is 1.38. The van der Waals surface area contributed by atoms with Gasteiger partial charge in [-0.2, -0.15) is 0 Å². The average molecular weight is 442 g/mol. The lowest BCUT2D eigenvalue weighted by molar-refractivity contribution is 0.128. The minimum atomic E-state index is -0.160. The number of hydrogen-bond donors (Lipinski definition) is 0. The summed E-state index contributed by atoms with van der Waals surface area (Å²) >= 11 is 5.93. The Morgan fingerprint density at radius 2 is 1.55 bits per heavy atom. The molecular formula is C26H33ClFN3. The smallest absolute Gasteiger partial charge is 0.123 e. The summed E-state index contributed by atoms with van der Waals surface area (Å²) in [6.07, 6.45) is 1.98. The molecule has 0 atom stereocenters. The number of hydrogen-bond acceptors (Lipinski definition) is 2. The molecule has 0 aliphatic carbocycles. The largest absolute Gasteiger partial charge is 0.345 e. The van der Waals surface area contributed by atoms with E-state index in [1.54, 1.807) is 12.1 Å². The summed E-state index contributed by atoms with van der Waals surface area (Å²) < 4.78 is 15.5. The zero-order valence-corrected chi connectivity index (χ0v) is 19.5. The van der Waals surface area contributed by atoms with Crippen LogP contribution < -0.4 is 0 Å². The lowest BCUT2D eigenvalue weighted by atomic mass is 10.1. The van der Waals surface area contributed by atoms with Gasteiger partial charge in [0.05, 0.1) is 0 Å².